The number of likely N-dealkylation sites (tertiary alicyclic amines) is 1. The van der Waals surface area contributed by atoms with Gasteiger partial charge in [-0.15, -0.1) is 0 Å². The quantitative estimate of drug-likeness (QED) is 0.891. The monoisotopic (exact) mass is 344 g/mol. The van der Waals surface area contributed by atoms with E-state index < -0.39 is 29.0 Å². The van der Waals surface area contributed by atoms with Gasteiger partial charge in [-0.05, 0) is 43.7 Å². The molecule has 1 aromatic heterocycles. The highest BCUT2D eigenvalue weighted by atomic mass is 19.4. The summed E-state index contributed by atoms with van der Waals surface area (Å²) in [5.74, 6) is -0.821. The molecule has 0 amide bonds. The second kappa shape index (κ2) is 6.23. The van der Waals surface area contributed by atoms with Crippen LogP contribution in [0.4, 0.5) is 13.2 Å². The van der Waals surface area contributed by atoms with Crippen LogP contribution in [0.1, 0.15) is 41.7 Å². The van der Waals surface area contributed by atoms with Crippen LogP contribution in [-0.2, 0) is 12.7 Å². The van der Waals surface area contributed by atoms with E-state index in [1.54, 1.807) is 0 Å². The Bertz CT molecular complexity index is 699. The number of alkyl halides is 3. The van der Waals surface area contributed by atoms with Crippen LogP contribution in [0, 0.1) is 5.92 Å². The maximum Gasteiger partial charge on any atom is 0.431 e. The molecule has 1 aliphatic heterocycles. The van der Waals surface area contributed by atoms with Crippen LogP contribution >= 0.6 is 0 Å². The number of halogens is 3. The van der Waals surface area contributed by atoms with Crippen LogP contribution < -0.4 is 5.56 Å². The average molecular weight is 344 g/mol. The highest BCUT2D eigenvalue weighted by Crippen LogP contribution is 2.37. The summed E-state index contributed by atoms with van der Waals surface area (Å²) in [6, 6.07) is 1.91. The lowest BCUT2D eigenvalue weighted by atomic mass is 10.1. The number of aromatic carboxylic acids is 1. The molecule has 2 aliphatic rings. The summed E-state index contributed by atoms with van der Waals surface area (Å²) in [5.41, 5.74) is -2.83. The molecule has 1 N–H and O–H groups in total. The Morgan fingerprint density at radius 2 is 2.00 bits per heavy atom. The van der Waals surface area contributed by atoms with Crippen LogP contribution in [0.15, 0.2) is 16.9 Å². The van der Waals surface area contributed by atoms with Gasteiger partial charge in [0.2, 0.25) is 0 Å². The fourth-order valence-corrected chi connectivity index (χ4v) is 3.94. The molecule has 3 rings (SSSR count). The number of fused-ring (bicyclic) bond motifs is 2. The molecule has 132 valence electrons. The van der Waals surface area contributed by atoms with Gasteiger partial charge in [0.05, 0.1) is 0 Å². The third-order valence-corrected chi connectivity index (χ3v) is 5.04. The standard InChI is InChI=1S/C16H19F3N2O3/c17-16(18,19)13-5-4-12(15(23)24)14(22)21(13)7-1-6-20-9-10-2-3-11(20)8-10/h4-5,10-11H,1-3,6-9H2,(H,23,24). The molecule has 2 bridgehead atoms. The van der Waals surface area contributed by atoms with Gasteiger partial charge in [-0.25, -0.2) is 4.79 Å². The zero-order valence-corrected chi connectivity index (χ0v) is 13.1. The van der Waals surface area contributed by atoms with Gasteiger partial charge in [-0.3, -0.25) is 4.79 Å². The van der Waals surface area contributed by atoms with Crippen molar-refractivity contribution in [2.24, 2.45) is 5.92 Å². The predicted octanol–water partition coefficient (Wildman–Crippen LogP) is 2.44. The van der Waals surface area contributed by atoms with Gasteiger partial charge in [0.15, 0.2) is 0 Å². The Hall–Kier alpha value is -1.83. The minimum atomic E-state index is -4.69. The number of nitrogens with zero attached hydrogens (tertiary/aromatic N) is 2. The van der Waals surface area contributed by atoms with E-state index in [9.17, 15) is 22.8 Å². The number of piperidine rings is 1. The first-order valence-electron chi connectivity index (χ1n) is 8.05. The van der Waals surface area contributed by atoms with Crippen molar-refractivity contribution in [1.29, 1.82) is 0 Å². The van der Waals surface area contributed by atoms with Crippen molar-refractivity contribution in [2.45, 2.75) is 44.4 Å². The normalized spacial score (nSPS) is 23.8. The summed E-state index contributed by atoms with van der Waals surface area (Å²) >= 11 is 0. The SMILES string of the molecule is O=C(O)c1ccc(C(F)(F)F)n(CCCN2CC3CCC2C3)c1=O. The number of carboxylic acids is 1. The third-order valence-electron chi connectivity index (χ3n) is 5.04. The maximum absolute atomic E-state index is 13.1. The number of hydrogen-bond donors (Lipinski definition) is 1. The molecule has 0 aromatic carbocycles. The van der Waals surface area contributed by atoms with Crippen LogP contribution in [-0.4, -0.2) is 39.7 Å². The lowest BCUT2D eigenvalue weighted by Gasteiger charge is -2.27. The lowest BCUT2D eigenvalue weighted by molar-refractivity contribution is -0.144. The zero-order chi connectivity index (χ0) is 17.5. The molecule has 8 heteroatoms. The number of carboxylic acid groups (broad SMARTS) is 1. The Kier molecular flexibility index (Phi) is 4.42. The van der Waals surface area contributed by atoms with E-state index in [1.165, 1.54) is 6.42 Å². The van der Waals surface area contributed by atoms with E-state index in [-0.39, 0.29) is 6.54 Å². The number of hydrogen-bond acceptors (Lipinski definition) is 3. The second-order valence-electron chi connectivity index (χ2n) is 6.57. The molecule has 1 aliphatic carbocycles. The fraction of sp³-hybridized carbons (Fsp3) is 0.625. The highest BCUT2D eigenvalue weighted by Gasteiger charge is 2.38. The number of carbonyl (C=O) groups is 1. The minimum absolute atomic E-state index is 0.136. The first-order chi connectivity index (χ1) is 11.3. The molecule has 0 spiro atoms. The van der Waals surface area contributed by atoms with E-state index in [0.717, 1.165) is 25.5 Å². The predicted molar refractivity (Wildman–Crippen MR) is 80.0 cm³/mol. The molecule has 2 atom stereocenters. The average Bonchev–Trinajstić information content (AvgIpc) is 3.09. The first-order valence-corrected chi connectivity index (χ1v) is 8.05. The van der Waals surface area contributed by atoms with Gasteiger partial charge < -0.3 is 14.6 Å². The second-order valence-corrected chi connectivity index (χ2v) is 6.57. The molecular weight excluding hydrogens is 325 g/mol. The van der Waals surface area contributed by atoms with E-state index in [0.29, 0.717) is 35.6 Å². The minimum Gasteiger partial charge on any atom is -0.477 e. The molecule has 1 saturated carbocycles. The van der Waals surface area contributed by atoms with Crippen molar-refractivity contribution >= 4 is 5.97 Å². The van der Waals surface area contributed by atoms with Crippen molar-refractivity contribution in [3.63, 3.8) is 0 Å². The first kappa shape index (κ1) is 17.0. The van der Waals surface area contributed by atoms with Crippen molar-refractivity contribution < 1.29 is 23.1 Å². The van der Waals surface area contributed by atoms with Crippen LogP contribution in [0.5, 0.6) is 0 Å². The number of aromatic nitrogens is 1. The summed E-state index contributed by atoms with van der Waals surface area (Å²) in [7, 11) is 0. The zero-order valence-electron chi connectivity index (χ0n) is 13.1. The largest absolute Gasteiger partial charge is 0.477 e. The molecule has 1 aromatic rings. The van der Waals surface area contributed by atoms with E-state index in [1.807, 2.05) is 0 Å². The molecule has 2 fully saturated rings. The Balaban J connectivity index is 1.76. The maximum atomic E-state index is 13.1. The summed E-state index contributed by atoms with van der Waals surface area (Å²) in [4.78, 5) is 25.4. The van der Waals surface area contributed by atoms with Crippen molar-refractivity contribution in [3.8, 4) is 0 Å². The summed E-state index contributed by atoms with van der Waals surface area (Å²) in [5, 5.41) is 8.95. The number of pyridine rings is 1. The van der Waals surface area contributed by atoms with Gasteiger partial charge in [-0.2, -0.15) is 13.2 Å². The molecule has 2 unspecified atom stereocenters. The smallest absolute Gasteiger partial charge is 0.431 e. The molecule has 1 saturated heterocycles. The fourth-order valence-electron chi connectivity index (χ4n) is 3.94. The van der Waals surface area contributed by atoms with Crippen molar-refractivity contribution in [3.05, 3.63) is 33.7 Å². The van der Waals surface area contributed by atoms with Gasteiger partial charge >= 0.3 is 12.1 Å². The molecular formula is C16H19F3N2O3. The summed E-state index contributed by atoms with van der Waals surface area (Å²) in [6.07, 6.45) is -0.799. The van der Waals surface area contributed by atoms with E-state index in [2.05, 4.69) is 4.90 Å². The van der Waals surface area contributed by atoms with Gasteiger partial charge in [0.1, 0.15) is 11.3 Å². The molecule has 24 heavy (non-hydrogen) atoms. The topological polar surface area (TPSA) is 62.5 Å². The number of rotatable bonds is 5. The van der Waals surface area contributed by atoms with E-state index >= 15 is 0 Å². The Morgan fingerprint density at radius 3 is 2.54 bits per heavy atom. The van der Waals surface area contributed by atoms with Crippen molar-refractivity contribution in [1.82, 2.24) is 9.47 Å². The Morgan fingerprint density at radius 1 is 1.25 bits per heavy atom. The molecule has 2 heterocycles. The van der Waals surface area contributed by atoms with Gasteiger partial charge in [0.25, 0.3) is 5.56 Å². The highest BCUT2D eigenvalue weighted by molar-refractivity contribution is 5.87. The summed E-state index contributed by atoms with van der Waals surface area (Å²) < 4.78 is 39.8. The summed E-state index contributed by atoms with van der Waals surface area (Å²) in [6.45, 7) is 1.46. The molecule has 5 nitrogen and oxygen atoms in total. The van der Waals surface area contributed by atoms with Crippen LogP contribution in [0.3, 0.4) is 0 Å². The third kappa shape index (κ3) is 3.19. The van der Waals surface area contributed by atoms with Crippen LogP contribution in [0.2, 0.25) is 0 Å². The van der Waals surface area contributed by atoms with E-state index in [4.69, 9.17) is 5.11 Å². The van der Waals surface area contributed by atoms with Gasteiger partial charge in [0, 0.05) is 25.7 Å². The molecule has 0 radical (unpaired) electrons. The lowest BCUT2D eigenvalue weighted by Crippen LogP contribution is -2.35. The Labute approximate surface area is 136 Å². The van der Waals surface area contributed by atoms with Crippen molar-refractivity contribution in [2.75, 3.05) is 13.1 Å². The van der Waals surface area contributed by atoms with Gasteiger partial charge in [-0.1, -0.05) is 0 Å². The van der Waals surface area contributed by atoms with Crippen LogP contribution in [0.25, 0.3) is 0 Å².